The summed E-state index contributed by atoms with van der Waals surface area (Å²) >= 11 is 0. The minimum atomic E-state index is -0.111. The molecule has 2 fully saturated rings. The number of nitrogens with two attached hydrogens (primary N) is 1. The molecule has 0 aromatic carbocycles. The van der Waals surface area contributed by atoms with Crippen molar-refractivity contribution in [2.24, 2.45) is 11.7 Å². The highest BCUT2D eigenvalue weighted by molar-refractivity contribution is 5.76. The SMILES string of the molecule is NC(=O)[C@@H]1CCCN(C2CC2)C1. The number of rotatable bonds is 2. The van der Waals surface area contributed by atoms with Crippen LogP contribution >= 0.6 is 0 Å². The Labute approximate surface area is 72.9 Å². The van der Waals surface area contributed by atoms with Gasteiger partial charge >= 0.3 is 0 Å². The van der Waals surface area contributed by atoms with Gasteiger partial charge in [-0.15, -0.1) is 0 Å². The van der Waals surface area contributed by atoms with Crippen molar-refractivity contribution >= 4 is 5.91 Å². The van der Waals surface area contributed by atoms with E-state index in [1.165, 1.54) is 19.4 Å². The number of likely N-dealkylation sites (tertiary alicyclic amines) is 1. The first-order chi connectivity index (χ1) is 5.77. The smallest absolute Gasteiger partial charge is 0.221 e. The maximum absolute atomic E-state index is 10.9. The molecule has 0 aromatic rings. The van der Waals surface area contributed by atoms with E-state index in [1.54, 1.807) is 0 Å². The van der Waals surface area contributed by atoms with E-state index in [2.05, 4.69) is 4.90 Å². The molecular formula is C9H16N2O. The molecule has 0 unspecified atom stereocenters. The Morgan fingerprint density at radius 3 is 2.67 bits per heavy atom. The third-order valence-corrected chi connectivity index (χ3v) is 2.92. The largest absolute Gasteiger partial charge is 0.369 e. The number of hydrogen-bond acceptors (Lipinski definition) is 2. The molecule has 3 heteroatoms. The number of piperidine rings is 1. The van der Waals surface area contributed by atoms with E-state index in [1.807, 2.05) is 0 Å². The van der Waals surface area contributed by atoms with Crippen molar-refractivity contribution in [1.29, 1.82) is 0 Å². The second-order valence-corrected chi connectivity index (χ2v) is 3.97. The van der Waals surface area contributed by atoms with Crippen molar-refractivity contribution in [3.63, 3.8) is 0 Å². The topological polar surface area (TPSA) is 46.3 Å². The molecule has 2 rings (SSSR count). The molecule has 1 amide bonds. The van der Waals surface area contributed by atoms with Crippen LogP contribution in [0.1, 0.15) is 25.7 Å². The van der Waals surface area contributed by atoms with E-state index in [4.69, 9.17) is 5.73 Å². The van der Waals surface area contributed by atoms with Crippen LogP contribution < -0.4 is 5.73 Å². The molecule has 1 aliphatic heterocycles. The summed E-state index contributed by atoms with van der Waals surface area (Å²) < 4.78 is 0. The first-order valence-electron chi connectivity index (χ1n) is 4.81. The van der Waals surface area contributed by atoms with Gasteiger partial charge in [0.1, 0.15) is 0 Å². The summed E-state index contributed by atoms with van der Waals surface area (Å²) in [4.78, 5) is 13.4. The number of carbonyl (C=O) groups is 1. The van der Waals surface area contributed by atoms with Gasteiger partial charge in [0.05, 0.1) is 5.92 Å². The lowest BCUT2D eigenvalue weighted by atomic mass is 9.97. The number of hydrogen-bond donors (Lipinski definition) is 1. The number of primary amides is 1. The Hall–Kier alpha value is -0.570. The lowest BCUT2D eigenvalue weighted by Crippen LogP contribution is -2.42. The van der Waals surface area contributed by atoms with E-state index >= 15 is 0 Å². The first-order valence-corrected chi connectivity index (χ1v) is 4.81. The van der Waals surface area contributed by atoms with Gasteiger partial charge in [-0.1, -0.05) is 0 Å². The lowest BCUT2D eigenvalue weighted by molar-refractivity contribution is -0.123. The Morgan fingerprint density at radius 2 is 2.08 bits per heavy atom. The second-order valence-electron chi connectivity index (χ2n) is 3.97. The van der Waals surface area contributed by atoms with Crippen LogP contribution in [0.25, 0.3) is 0 Å². The Kier molecular flexibility index (Phi) is 2.05. The summed E-state index contributed by atoms with van der Waals surface area (Å²) in [5.41, 5.74) is 5.28. The Morgan fingerprint density at radius 1 is 1.33 bits per heavy atom. The van der Waals surface area contributed by atoms with Crippen LogP contribution in [-0.4, -0.2) is 29.9 Å². The van der Waals surface area contributed by atoms with Crippen LogP contribution in [0.15, 0.2) is 0 Å². The molecule has 3 nitrogen and oxygen atoms in total. The highest BCUT2D eigenvalue weighted by atomic mass is 16.1. The number of amides is 1. The van der Waals surface area contributed by atoms with Crippen LogP contribution in [0.5, 0.6) is 0 Å². The quantitative estimate of drug-likeness (QED) is 0.646. The molecule has 0 radical (unpaired) electrons. The molecule has 1 heterocycles. The molecule has 2 aliphatic rings. The van der Waals surface area contributed by atoms with Crippen molar-refractivity contribution in [1.82, 2.24) is 4.90 Å². The van der Waals surface area contributed by atoms with Gasteiger partial charge in [0.2, 0.25) is 5.91 Å². The molecule has 0 aromatic heterocycles. The molecule has 1 atom stereocenters. The van der Waals surface area contributed by atoms with Crippen molar-refractivity contribution in [3.05, 3.63) is 0 Å². The summed E-state index contributed by atoms with van der Waals surface area (Å²) in [5.74, 6) is 0.0136. The van der Waals surface area contributed by atoms with Crippen LogP contribution in [0.3, 0.4) is 0 Å². The summed E-state index contributed by atoms with van der Waals surface area (Å²) in [6.45, 7) is 2.09. The second kappa shape index (κ2) is 3.05. The van der Waals surface area contributed by atoms with Gasteiger partial charge in [-0.3, -0.25) is 9.69 Å². The van der Waals surface area contributed by atoms with E-state index in [9.17, 15) is 4.79 Å². The molecule has 0 bridgehead atoms. The summed E-state index contributed by atoms with van der Waals surface area (Å²) in [6.07, 6.45) is 4.79. The highest BCUT2D eigenvalue weighted by Crippen LogP contribution is 2.30. The number of carbonyl (C=O) groups excluding carboxylic acids is 1. The Balaban J connectivity index is 1.89. The molecule has 2 N–H and O–H groups in total. The van der Waals surface area contributed by atoms with Gasteiger partial charge < -0.3 is 5.73 Å². The zero-order valence-electron chi connectivity index (χ0n) is 7.33. The van der Waals surface area contributed by atoms with Gasteiger partial charge in [-0.25, -0.2) is 0 Å². The third kappa shape index (κ3) is 1.61. The summed E-state index contributed by atoms with van der Waals surface area (Å²) in [5, 5.41) is 0. The van der Waals surface area contributed by atoms with Crippen LogP contribution in [0.2, 0.25) is 0 Å². The van der Waals surface area contributed by atoms with E-state index in [0.717, 1.165) is 25.4 Å². The van der Waals surface area contributed by atoms with E-state index < -0.39 is 0 Å². The van der Waals surface area contributed by atoms with Gasteiger partial charge in [-0.05, 0) is 32.2 Å². The first kappa shape index (κ1) is 8.05. The number of nitrogens with zero attached hydrogens (tertiary/aromatic N) is 1. The van der Waals surface area contributed by atoms with Crippen LogP contribution in [-0.2, 0) is 4.79 Å². The van der Waals surface area contributed by atoms with Crippen molar-refractivity contribution in [3.8, 4) is 0 Å². The Bertz CT molecular complexity index is 189. The fourth-order valence-corrected chi connectivity index (χ4v) is 2.01. The minimum Gasteiger partial charge on any atom is -0.369 e. The predicted molar refractivity (Wildman–Crippen MR) is 46.5 cm³/mol. The maximum Gasteiger partial charge on any atom is 0.221 e. The summed E-state index contributed by atoms with van der Waals surface area (Å²) in [7, 11) is 0. The average Bonchev–Trinajstić information content (AvgIpc) is 2.87. The molecule has 1 saturated heterocycles. The standard InChI is InChI=1S/C9H16N2O/c10-9(12)7-2-1-5-11(6-7)8-3-4-8/h7-8H,1-6H2,(H2,10,12)/t7-/m1/s1. The fraction of sp³-hybridized carbons (Fsp3) is 0.889. The van der Waals surface area contributed by atoms with Gasteiger partial charge in [-0.2, -0.15) is 0 Å². The normalized spacial score (nSPS) is 31.8. The van der Waals surface area contributed by atoms with E-state index in [0.29, 0.717) is 0 Å². The van der Waals surface area contributed by atoms with E-state index in [-0.39, 0.29) is 11.8 Å². The molecular weight excluding hydrogens is 152 g/mol. The molecule has 1 aliphatic carbocycles. The lowest BCUT2D eigenvalue weighted by Gasteiger charge is -2.30. The van der Waals surface area contributed by atoms with Crippen molar-refractivity contribution in [2.75, 3.05) is 13.1 Å². The maximum atomic E-state index is 10.9. The summed E-state index contributed by atoms with van der Waals surface area (Å²) in [6, 6.07) is 0.784. The van der Waals surface area contributed by atoms with Gasteiger partial charge in [0.25, 0.3) is 0 Å². The average molecular weight is 168 g/mol. The highest BCUT2D eigenvalue weighted by Gasteiger charge is 2.33. The molecule has 1 saturated carbocycles. The van der Waals surface area contributed by atoms with Gasteiger partial charge in [0.15, 0.2) is 0 Å². The molecule has 12 heavy (non-hydrogen) atoms. The third-order valence-electron chi connectivity index (χ3n) is 2.92. The van der Waals surface area contributed by atoms with Crippen molar-refractivity contribution < 1.29 is 4.79 Å². The zero-order chi connectivity index (χ0) is 8.55. The van der Waals surface area contributed by atoms with Gasteiger partial charge in [0, 0.05) is 12.6 Å². The monoisotopic (exact) mass is 168 g/mol. The predicted octanol–water partition coefficient (Wildman–Crippen LogP) is 0.346. The fourth-order valence-electron chi connectivity index (χ4n) is 2.01. The zero-order valence-corrected chi connectivity index (χ0v) is 7.33. The van der Waals surface area contributed by atoms with Crippen molar-refractivity contribution in [2.45, 2.75) is 31.7 Å². The van der Waals surface area contributed by atoms with Crippen LogP contribution in [0, 0.1) is 5.92 Å². The molecule has 68 valence electrons. The van der Waals surface area contributed by atoms with Crippen LogP contribution in [0.4, 0.5) is 0 Å². The molecule has 0 spiro atoms. The minimum absolute atomic E-state index is 0.111.